The number of aliphatic hydroxyl groups excluding tert-OH is 1. The molecular formula is C12H20N2O4. The molecule has 6 heteroatoms. The van der Waals surface area contributed by atoms with Crippen LogP contribution >= 0.6 is 0 Å². The van der Waals surface area contributed by atoms with Gasteiger partial charge in [0.15, 0.2) is 0 Å². The average Bonchev–Trinajstić information content (AvgIpc) is 2.42. The third-order valence-electron chi connectivity index (χ3n) is 2.35. The molecule has 0 amide bonds. The Morgan fingerprint density at radius 1 is 1.28 bits per heavy atom. The van der Waals surface area contributed by atoms with Gasteiger partial charge in [-0.2, -0.15) is 4.98 Å². The van der Waals surface area contributed by atoms with Gasteiger partial charge >= 0.3 is 0 Å². The number of hydrogen-bond donors (Lipinski definition) is 1. The van der Waals surface area contributed by atoms with Crippen molar-refractivity contribution in [1.29, 1.82) is 0 Å². The fourth-order valence-electron chi connectivity index (χ4n) is 1.42. The molecule has 0 fully saturated rings. The first-order valence-electron chi connectivity index (χ1n) is 5.93. The molecule has 0 spiro atoms. The molecule has 0 saturated heterocycles. The van der Waals surface area contributed by atoms with Crippen LogP contribution in [0.15, 0.2) is 6.20 Å². The van der Waals surface area contributed by atoms with Crippen LogP contribution in [0.5, 0.6) is 11.8 Å². The van der Waals surface area contributed by atoms with E-state index in [4.69, 9.17) is 14.2 Å². The fraction of sp³-hybridized carbons (Fsp3) is 0.667. The van der Waals surface area contributed by atoms with Crippen LogP contribution in [0.1, 0.15) is 31.6 Å². The van der Waals surface area contributed by atoms with Gasteiger partial charge in [0.1, 0.15) is 11.8 Å². The van der Waals surface area contributed by atoms with Gasteiger partial charge in [0.05, 0.1) is 20.4 Å². The summed E-state index contributed by atoms with van der Waals surface area (Å²) in [4.78, 5) is 8.17. The zero-order valence-corrected chi connectivity index (χ0v) is 11.0. The van der Waals surface area contributed by atoms with Gasteiger partial charge in [0.25, 0.3) is 0 Å². The summed E-state index contributed by atoms with van der Waals surface area (Å²) in [6.07, 6.45) is 2.11. The van der Waals surface area contributed by atoms with Gasteiger partial charge in [-0.15, -0.1) is 0 Å². The minimum absolute atomic E-state index is 0.275. The zero-order valence-electron chi connectivity index (χ0n) is 11.0. The lowest BCUT2D eigenvalue weighted by molar-refractivity contribution is 0.0786. The minimum atomic E-state index is -0.754. The SMILES string of the molecule is CCCOCCC(O)c1ncc(OC)nc1OC. The number of aromatic nitrogens is 2. The van der Waals surface area contributed by atoms with Crippen LogP contribution in [0.3, 0.4) is 0 Å². The lowest BCUT2D eigenvalue weighted by atomic mass is 10.2. The Bertz CT molecular complexity index is 360. The highest BCUT2D eigenvalue weighted by atomic mass is 16.5. The normalized spacial score (nSPS) is 12.2. The molecule has 0 radical (unpaired) electrons. The van der Waals surface area contributed by atoms with Gasteiger partial charge in [-0.25, -0.2) is 4.98 Å². The molecule has 6 nitrogen and oxygen atoms in total. The number of ether oxygens (including phenoxy) is 3. The van der Waals surface area contributed by atoms with Crippen molar-refractivity contribution in [2.24, 2.45) is 0 Å². The molecule has 1 aromatic rings. The standard InChI is InChI=1S/C12H20N2O4/c1-4-6-18-7-5-9(15)11-12(17-3)14-10(16-2)8-13-11/h8-9,15H,4-7H2,1-3H3. The predicted octanol–water partition coefficient (Wildman–Crippen LogP) is 1.34. The first-order valence-corrected chi connectivity index (χ1v) is 5.93. The summed E-state index contributed by atoms with van der Waals surface area (Å²) >= 11 is 0. The Morgan fingerprint density at radius 3 is 2.67 bits per heavy atom. The van der Waals surface area contributed by atoms with E-state index in [0.717, 1.165) is 6.42 Å². The monoisotopic (exact) mass is 256 g/mol. The summed E-state index contributed by atoms with van der Waals surface area (Å²) in [5.74, 6) is 0.627. The molecule has 102 valence electrons. The van der Waals surface area contributed by atoms with Crippen LogP contribution < -0.4 is 9.47 Å². The van der Waals surface area contributed by atoms with Crippen LogP contribution in [-0.2, 0) is 4.74 Å². The van der Waals surface area contributed by atoms with Crippen LogP contribution in [0.25, 0.3) is 0 Å². The van der Waals surface area contributed by atoms with E-state index in [0.29, 0.717) is 31.2 Å². The molecular weight excluding hydrogens is 236 g/mol. The average molecular weight is 256 g/mol. The van der Waals surface area contributed by atoms with Crippen molar-refractivity contribution < 1.29 is 19.3 Å². The summed E-state index contributed by atoms with van der Waals surface area (Å²) in [7, 11) is 2.98. The number of aliphatic hydroxyl groups is 1. The Kier molecular flexibility index (Phi) is 6.38. The topological polar surface area (TPSA) is 73.7 Å². The Morgan fingerprint density at radius 2 is 2.06 bits per heavy atom. The molecule has 0 aliphatic carbocycles. The molecule has 0 aromatic carbocycles. The van der Waals surface area contributed by atoms with E-state index in [1.165, 1.54) is 20.4 Å². The van der Waals surface area contributed by atoms with Crippen molar-refractivity contribution >= 4 is 0 Å². The molecule has 1 N–H and O–H groups in total. The zero-order chi connectivity index (χ0) is 13.4. The number of hydrogen-bond acceptors (Lipinski definition) is 6. The van der Waals surface area contributed by atoms with Gasteiger partial charge in [-0.1, -0.05) is 6.92 Å². The molecule has 1 unspecified atom stereocenters. The van der Waals surface area contributed by atoms with E-state index in [9.17, 15) is 5.11 Å². The van der Waals surface area contributed by atoms with Gasteiger partial charge in [-0.3, -0.25) is 0 Å². The summed E-state index contributed by atoms with van der Waals surface area (Å²) < 4.78 is 15.3. The predicted molar refractivity (Wildman–Crippen MR) is 65.8 cm³/mol. The molecule has 0 saturated carbocycles. The Hall–Kier alpha value is -1.40. The Balaban J connectivity index is 2.63. The molecule has 0 aliphatic heterocycles. The van der Waals surface area contributed by atoms with Crippen molar-refractivity contribution in [1.82, 2.24) is 9.97 Å². The molecule has 18 heavy (non-hydrogen) atoms. The highest BCUT2D eigenvalue weighted by Crippen LogP contribution is 2.25. The van der Waals surface area contributed by atoms with Crippen LogP contribution in [0.2, 0.25) is 0 Å². The largest absolute Gasteiger partial charge is 0.480 e. The van der Waals surface area contributed by atoms with E-state index in [1.54, 1.807) is 0 Å². The third kappa shape index (κ3) is 4.12. The molecule has 1 aromatic heterocycles. The van der Waals surface area contributed by atoms with Crippen molar-refractivity contribution in [3.05, 3.63) is 11.9 Å². The van der Waals surface area contributed by atoms with E-state index in [1.807, 2.05) is 6.92 Å². The van der Waals surface area contributed by atoms with Gasteiger partial charge in [0, 0.05) is 19.6 Å². The van der Waals surface area contributed by atoms with Crippen LogP contribution in [-0.4, -0.2) is 42.5 Å². The van der Waals surface area contributed by atoms with Crippen LogP contribution in [0, 0.1) is 0 Å². The fourth-order valence-corrected chi connectivity index (χ4v) is 1.42. The van der Waals surface area contributed by atoms with Crippen molar-refractivity contribution in [2.45, 2.75) is 25.9 Å². The van der Waals surface area contributed by atoms with E-state index in [2.05, 4.69) is 9.97 Å². The maximum atomic E-state index is 9.99. The van der Waals surface area contributed by atoms with E-state index >= 15 is 0 Å². The van der Waals surface area contributed by atoms with Gasteiger partial charge in [0.2, 0.25) is 11.8 Å². The summed E-state index contributed by atoms with van der Waals surface area (Å²) in [5, 5.41) is 9.99. The maximum absolute atomic E-state index is 9.99. The van der Waals surface area contributed by atoms with Crippen molar-refractivity contribution in [2.75, 3.05) is 27.4 Å². The first kappa shape index (κ1) is 14.7. The molecule has 1 rings (SSSR count). The second-order valence-corrected chi connectivity index (χ2v) is 3.72. The second kappa shape index (κ2) is 7.84. The second-order valence-electron chi connectivity index (χ2n) is 3.72. The number of nitrogens with zero attached hydrogens (tertiary/aromatic N) is 2. The third-order valence-corrected chi connectivity index (χ3v) is 2.35. The Labute approximate surface area is 107 Å². The summed E-state index contributed by atoms with van der Waals surface area (Å²) in [6.45, 7) is 3.21. The molecule has 1 atom stereocenters. The molecule has 1 heterocycles. The van der Waals surface area contributed by atoms with Crippen molar-refractivity contribution in [3.63, 3.8) is 0 Å². The van der Waals surface area contributed by atoms with Gasteiger partial charge < -0.3 is 19.3 Å². The minimum Gasteiger partial charge on any atom is -0.480 e. The molecule has 0 bridgehead atoms. The van der Waals surface area contributed by atoms with Gasteiger partial charge in [-0.05, 0) is 6.42 Å². The van der Waals surface area contributed by atoms with Crippen LogP contribution in [0.4, 0.5) is 0 Å². The lowest BCUT2D eigenvalue weighted by Crippen LogP contribution is -2.09. The summed E-state index contributed by atoms with van der Waals surface area (Å²) in [5.41, 5.74) is 0.401. The number of methoxy groups -OCH3 is 2. The van der Waals surface area contributed by atoms with E-state index < -0.39 is 6.10 Å². The first-order chi connectivity index (χ1) is 8.72. The maximum Gasteiger partial charge on any atom is 0.241 e. The highest BCUT2D eigenvalue weighted by molar-refractivity contribution is 5.24. The highest BCUT2D eigenvalue weighted by Gasteiger charge is 2.17. The quantitative estimate of drug-likeness (QED) is 0.708. The summed E-state index contributed by atoms with van der Waals surface area (Å²) in [6, 6.07) is 0. The number of rotatable bonds is 8. The smallest absolute Gasteiger partial charge is 0.241 e. The molecule has 0 aliphatic rings. The van der Waals surface area contributed by atoms with Crippen molar-refractivity contribution in [3.8, 4) is 11.8 Å². The lowest BCUT2D eigenvalue weighted by Gasteiger charge is -2.13. The van der Waals surface area contributed by atoms with E-state index in [-0.39, 0.29) is 5.88 Å².